The summed E-state index contributed by atoms with van der Waals surface area (Å²) >= 11 is 0. The molecule has 4 nitrogen and oxygen atoms in total. The van der Waals surface area contributed by atoms with Gasteiger partial charge in [0, 0.05) is 12.4 Å². The third-order valence-corrected chi connectivity index (χ3v) is 3.23. The number of anilines is 1. The highest BCUT2D eigenvalue weighted by Crippen LogP contribution is 2.23. The Morgan fingerprint density at radius 1 is 1.10 bits per heavy atom. The minimum Gasteiger partial charge on any atom is -0.363 e. The molecular weight excluding hydrogens is 267 g/mol. The van der Waals surface area contributed by atoms with Gasteiger partial charge in [-0.25, -0.2) is 9.67 Å². The van der Waals surface area contributed by atoms with E-state index in [2.05, 4.69) is 15.4 Å². The van der Waals surface area contributed by atoms with Gasteiger partial charge in [0.15, 0.2) is 0 Å². The maximum absolute atomic E-state index is 13.2. The van der Waals surface area contributed by atoms with Crippen molar-refractivity contribution in [1.82, 2.24) is 14.8 Å². The number of rotatable bonds is 4. The molecule has 0 amide bonds. The number of para-hydroxylation sites is 1. The lowest BCUT2D eigenvalue weighted by Crippen LogP contribution is -2.11. The van der Waals surface area contributed by atoms with Crippen LogP contribution in [0.25, 0.3) is 5.69 Å². The monoisotopic (exact) mass is 282 g/mol. The molecule has 3 rings (SSSR count). The molecule has 0 aliphatic carbocycles. The summed E-state index contributed by atoms with van der Waals surface area (Å²) in [6, 6.07) is 14.5. The minimum absolute atomic E-state index is 0.0281. The third kappa shape index (κ3) is 2.91. The van der Waals surface area contributed by atoms with Crippen molar-refractivity contribution >= 4 is 5.82 Å². The van der Waals surface area contributed by atoms with E-state index in [0.29, 0.717) is 5.82 Å². The predicted molar refractivity (Wildman–Crippen MR) is 79.8 cm³/mol. The first-order chi connectivity index (χ1) is 10.2. The highest BCUT2D eigenvalue weighted by atomic mass is 19.1. The Morgan fingerprint density at radius 3 is 2.71 bits per heavy atom. The summed E-state index contributed by atoms with van der Waals surface area (Å²) in [5.41, 5.74) is 2.05. The molecule has 0 bridgehead atoms. The van der Waals surface area contributed by atoms with E-state index in [4.69, 9.17) is 0 Å². The van der Waals surface area contributed by atoms with Gasteiger partial charge in [0.25, 0.3) is 0 Å². The lowest BCUT2D eigenvalue weighted by Gasteiger charge is -2.18. The molecule has 1 atom stereocenters. The Hall–Kier alpha value is -2.69. The predicted octanol–water partition coefficient (Wildman–Crippen LogP) is 3.58. The number of nitrogens with one attached hydrogen (secondary N) is 1. The summed E-state index contributed by atoms with van der Waals surface area (Å²) in [6.45, 7) is 2.01. The van der Waals surface area contributed by atoms with Crippen LogP contribution in [0.1, 0.15) is 18.5 Å². The van der Waals surface area contributed by atoms with E-state index in [0.717, 1.165) is 11.3 Å². The van der Waals surface area contributed by atoms with Crippen molar-refractivity contribution in [3.05, 3.63) is 72.4 Å². The molecule has 2 heterocycles. The van der Waals surface area contributed by atoms with E-state index in [1.54, 1.807) is 18.3 Å². The Balaban J connectivity index is 1.90. The molecule has 0 aliphatic rings. The molecule has 0 aliphatic heterocycles. The van der Waals surface area contributed by atoms with Crippen molar-refractivity contribution in [2.45, 2.75) is 13.0 Å². The van der Waals surface area contributed by atoms with Gasteiger partial charge in [-0.05, 0) is 36.8 Å². The van der Waals surface area contributed by atoms with Gasteiger partial charge in [0.2, 0.25) is 5.95 Å². The first-order valence-electron chi connectivity index (χ1n) is 6.72. The molecule has 0 saturated heterocycles. The first-order valence-corrected chi connectivity index (χ1v) is 6.72. The van der Waals surface area contributed by atoms with Gasteiger partial charge < -0.3 is 5.32 Å². The third-order valence-electron chi connectivity index (χ3n) is 3.23. The zero-order chi connectivity index (χ0) is 14.7. The second-order valence-corrected chi connectivity index (χ2v) is 4.72. The molecule has 0 spiro atoms. The number of hydrogen-bond acceptors (Lipinski definition) is 3. The lowest BCUT2D eigenvalue weighted by atomic mass is 10.1. The molecule has 1 aromatic carbocycles. The molecule has 0 fully saturated rings. The van der Waals surface area contributed by atoms with Crippen molar-refractivity contribution < 1.29 is 4.39 Å². The number of hydrogen-bond donors (Lipinski definition) is 1. The van der Waals surface area contributed by atoms with E-state index in [9.17, 15) is 4.39 Å². The van der Waals surface area contributed by atoms with Crippen LogP contribution in [0, 0.1) is 5.95 Å². The zero-order valence-corrected chi connectivity index (χ0v) is 11.6. The van der Waals surface area contributed by atoms with Gasteiger partial charge in [-0.15, -0.1) is 0 Å². The average Bonchev–Trinajstić information content (AvgIpc) is 3.01. The van der Waals surface area contributed by atoms with Crippen LogP contribution in [-0.4, -0.2) is 14.8 Å². The summed E-state index contributed by atoms with van der Waals surface area (Å²) in [4.78, 5) is 3.83. The Kier molecular flexibility index (Phi) is 3.64. The van der Waals surface area contributed by atoms with Crippen LogP contribution in [0.2, 0.25) is 0 Å². The maximum atomic E-state index is 13.2. The summed E-state index contributed by atoms with van der Waals surface area (Å²) in [7, 11) is 0. The highest BCUT2D eigenvalue weighted by molar-refractivity contribution is 5.46. The standard InChI is InChI=1S/C16H15FN4/c1-12(19-16-9-4-8-15(17)20-16)13-6-2-3-7-14(13)21-11-5-10-18-21/h2-12H,1H3,(H,19,20). The van der Waals surface area contributed by atoms with Gasteiger partial charge >= 0.3 is 0 Å². The quantitative estimate of drug-likeness (QED) is 0.744. The molecular formula is C16H15FN4. The summed E-state index contributed by atoms with van der Waals surface area (Å²) < 4.78 is 15.0. The molecule has 0 radical (unpaired) electrons. The number of nitrogens with zero attached hydrogens (tertiary/aromatic N) is 3. The number of benzene rings is 1. The Bertz CT molecular complexity index is 725. The maximum Gasteiger partial charge on any atom is 0.214 e. The van der Waals surface area contributed by atoms with Crippen molar-refractivity contribution in [3.8, 4) is 5.69 Å². The summed E-state index contributed by atoms with van der Waals surface area (Å²) in [5.74, 6) is 0.0188. The van der Waals surface area contributed by atoms with Crippen LogP contribution in [-0.2, 0) is 0 Å². The Morgan fingerprint density at radius 2 is 1.95 bits per heavy atom. The van der Waals surface area contributed by atoms with Crippen LogP contribution in [0.3, 0.4) is 0 Å². The first kappa shape index (κ1) is 13.3. The topological polar surface area (TPSA) is 42.7 Å². The molecule has 1 unspecified atom stereocenters. The smallest absolute Gasteiger partial charge is 0.214 e. The van der Waals surface area contributed by atoms with Crippen molar-refractivity contribution in [2.75, 3.05) is 5.32 Å². The molecule has 1 N–H and O–H groups in total. The van der Waals surface area contributed by atoms with Crippen molar-refractivity contribution in [1.29, 1.82) is 0 Å². The molecule has 21 heavy (non-hydrogen) atoms. The summed E-state index contributed by atoms with van der Waals surface area (Å²) in [5, 5.41) is 7.47. The van der Waals surface area contributed by atoms with Crippen LogP contribution < -0.4 is 5.32 Å². The second-order valence-electron chi connectivity index (χ2n) is 4.72. The van der Waals surface area contributed by atoms with Crippen LogP contribution in [0.5, 0.6) is 0 Å². The molecule has 2 aromatic heterocycles. The fourth-order valence-corrected chi connectivity index (χ4v) is 2.26. The van der Waals surface area contributed by atoms with Gasteiger partial charge in [0.1, 0.15) is 5.82 Å². The fraction of sp³-hybridized carbons (Fsp3) is 0.125. The van der Waals surface area contributed by atoms with Gasteiger partial charge in [-0.1, -0.05) is 24.3 Å². The van der Waals surface area contributed by atoms with Crippen LogP contribution in [0.4, 0.5) is 10.2 Å². The molecule has 5 heteroatoms. The SMILES string of the molecule is CC(Nc1cccc(F)n1)c1ccccc1-n1cccn1. The van der Waals surface area contributed by atoms with E-state index >= 15 is 0 Å². The number of halogens is 1. The van der Waals surface area contributed by atoms with E-state index in [1.807, 2.05) is 48.1 Å². The van der Waals surface area contributed by atoms with Crippen LogP contribution >= 0.6 is 0 Å². The van der Waals surface area contributed by atoms with Gasteiger partial charge in [-0.2, -0.15) is 9.49 Å². The van der Waals surface area contributed by atoms with E-state index in [1.165, 1.54) is 6.07 Å². The summed E-state index contributed by atoms with van der Waals surface area (Å²) in [6.07, 6.45) is 3.63. The fourth-order valence-electron chi connectivity index (χ4n) is 2.26. The molecule has 0 saturated carbocycles. The molecule has 3 aromatic rings. The van der Waals surface area contributed by atoms with E-state index in [-0.39, 0.29) is 6.04 Å². The highest BCUT2D eigenvalue weighted by Gasteiger charge is 2.12. The van der Waals surface area contributed by atoms with Crippen LogP contribution in [0.15, 0.2) is 60.9 Å². The normalized spacial score (nSPS) is 12.1. The van der Waals surface area contributed by atoms with Crippen molar-refractivity contribution in [2.24, 2.45) is 0 Å². The van der Waals surface area contributed by atoms with Gasteiger partial charge in [-0.3, -0.25) is 0 Å². The molecule has 106 valence electrons. The van der Waals surface area contributed by atoms with Crippen molar-refractivity contribution in [3.63, 3.8) is 0 Å². The van der Waals surface area contributed by atoms with Gasteiger partial charge in [0.05, 0.1) is 11.7 Å². The number of pyridine rings is 1. The largest absolute Gasteiger partial charge is 0.363 e. The zero-order valence-electron chi connectivity index (χ0n) is 11.6. The lowest BCUT2D eigenvalue weighted by molar-refractivity contribution is 0.584. The Labute approximate surface area is 122 Å². The van der Waals surface area contributed by atoms with E-state index < -0.39 is 5.95 Å². The second kappa shape index (κ2) is 5.75. The average molecular weight is 282 g/mol. The number of aromatic nitrogens is 3. The minimum atomic E-state index is -0.493.